The van der Waals surface area contributed by atoms with Crippen molar-refractivity contribution in [1.29, 1.82) is 0 Å². The Morgan fingerprint density at radius 2 is 1.88 bits per heavy atom. The molecule has 12 atom stereocenters. The number of aliphatic hydroxyl groups excluding tert-OH is 1. The molecule has 3 fully saturated rings. The third-order valence-electron chi connectivity index (χ3n) is 11.8. The minimum absolute atomic E-state index is 0.000928. The van der Waals surface area contributed by atoms with Crippen molar-refractivity contribution < 1.29 is 43.5 Å². The summed E-state index contributed by atoms with van der Waals surface area (Å²) in [4.78, 5) is 27.5. The summed E-state index contributed by atoms with van der Waals surface area (Å²) in [5.41, 5.74) is 0.401. The van der Waals surface area contributed by atoms with Crippen LogP contribution in [0.1, 0.15) is 80.1 Å². The fraction of sp³-hybridized carbons (Fsp3) is 0.610. The van der Waals surface area contributed by atoms with E-state index >= 15 is 0 Å². The molecule has 1 amide bonds. The zero-order valence-electron chi connectivity index (χ0n) is 31.0. The lowest BCUT2D eigenvalue weighted by Crippen LogP contribution is -2.59. The minimum atomic E-state index is -1.89. The predicted octanol–water partition coefficient (Wildman–Crippen LogP) is 7.44. The van der Waals surface area contributed by atoms with Crippen LogP contribution < -0.4 is 5.32 Å². The van der Waals surface area contributed by atoms with E-state index in [1.54, 1.807) is 49.4 Å². The van der Waals surface area contributed by atoms with Crippen LogP contribution in [0.3, 0.4) is 0 Å². The van der Waals surface area contributed by atoms with Crippen LogP contribution in [0.4, 0.5) is 10.5 Å². The van der Waals surface area contributed by atoms with E-state index < -0.39 is 53.8 Å². The zero-order chi connectivity index (χ0) is 37.4. The lowest BCUT2D eigenvalue weighted by Gasteiger charge is -2.51. The fourth-order valence-corrected chi connectivity index (χ4v) is 8.61. The summed E-state index contributed by atoms with van der Waals surface area (Å²) < 4.78 is 32.1. The highest BCUT2D eigenvalue weighted by molar-refractivity contribution is 6.30. The van der Waals surface area contributed by atoms with E-state index in [1.807, 2.05) is 26.0 Å². The maximum absolute atomic E-state index is 14.4. The second-order valence-electron chi connectivity index (χ2n) is 15.6. The van der Waals surface area contributed by atoms with Crippen LogP contribution in [-0.2, 0) is 28.5 Å². The van der Waals surface area contributed by atoms with Crippen molar-refractivity contribution in [2.45, 2.75) is 128 Å². The lowest BCUT2D eigenvalue weighted by molar-refractivity contribution is -0.340. The lowest BCUT2D eigenvalue weighted by atomic mass is 9.70. The molecule has 10 nitrogen and oxygen atoms in total. The molecule has 1 aromatic rings. The summed E-state index contributed by atoms with van der Waals surface area (Å²) in [6.45, 7) is 12.2. The first kappa shape index (κ1) is 38.7. The van der Waals surface area contributed by atoms with Crippen LogP contribution in [0, 0.1) is 23.7 Å². The summed E-state index contributed by atoms with van der Waals surface area (Å²) in [6.07, 6.45) is 8.43. The molecule has 4 aliphatic heterocycles. The summed E-state index contributed by atoms with van der Waals surface area (Å²) in [5.74, 6) is -2.22. The molecular formula is C41H54ClNO9. The van der Waals surface area contributed by atoms with E-state index in [0.717, 1.165) is 18.4 Å². The van der Waals surface area contributed by atoms with Gasteiger partial charge in [0.25, 0.3) is 0 Å². The number of fused-ring (bicyclic) bond motifs is 2. The van der Waals surface area contributed by atoms with Crippen LogP contribution in [0.2, 0.25) is 5.02 Å². The molecule has 0 unspecified atom stereocenters. The van der Waals surface area contributed by atoms with Crippen molar-refractivity contribution in [2.24, 2.45) is 23.7 Å². The molecule has 1 aliphatic carbocycles. The SMILES string of the molecule is CC[C@H](C)[C@H]1O[C@]2(CC[C@@H]1C)C[C@@H]1C[C@@H](C/C=C(\C)[C@@H](O)[C@@H](C)/C=C/C=C3\CO[C@@H]4[C@H](OC(=O)Nc5ccc(Cl)cc5)C(C)=C[C@@H](C(=O)O1)[C@]34O)O2. The van der Waals surface area contributed by atoms with Gasteiger partial charge < -0.3 is 33.9 Å². The number of hydrogen-bond acceptors (Lipinski definition) is 9. The van der Waals surface area contributed by atoms with Crippen molar-refractivity contribution in [3.8, 4) is 0 Å². The summed E-state index contributed by atoms with van der Waals surface area (Å²) in [5, 5.41) is 27.1. The Morgan fingerprint density at radius 3 is 2.62 bits per heavy atom. The number of rotatable bonds is 4. The zero-order valence-corrected chi connectivity index (χ0v) is 31.8. The van der Waals surface area contributed by atoms with Gasteiger partial charge in [0, 0.05) is 35.9 Å². The molecule has 0 saturated carbocycles. The minimum Gasteiger partial charge on any atom is -0.462 e. The summed E-state index contributed by atoms with van der Waals surface area (Å²) >= 11 is 6.00. The molecule has 1 spiro atoms. The molecule has 3 N–H and O–H groups in total. The molecule has 4 heterocycles. The Balaban J connectivity index is 1.34. The normalized spacial score (nSPS) is 41.3. The number of allylic oxidation sites excluding steroid dienone is 2. The predicted molar refractivity (Wildman–Crippen MR) is 197 cm³/mol. The Bertz CT molecular complexity index is 1600. The molecule has 3 saturated heterocycles. The van der Waals surface area contributed by atoms with Crippen LogP contribution in [0.25, 0.3) is 0 Å². The highest BCUT2D eigenvalue weighted by Crippen LogP contribution is 2.48. The highest BCUT2D eigenvalue weighted by Gasteiger charge is 2.61. The number of anilines is 1. The monoisotopic (exact) mass is 739 g/mol. The van der Waals surface area contributed by atoms with E-state index in [1.165, 1.54) is 0 Å². The summed E-state index contributed by atoms with van der Waals surface area (Å²) in [6, 6.07) is 6.60. The molecule has 284 valence electrons. The van der Waals surface area contributed by atoms with Gasteiger partial charge in [-0.15, -0.1) is 0 Å². The van der Waals surface area contributed by atoms with Gasteiger partial charge in [0.15, 0.2) is 11.9 Å². The van der Waals surface area contributed by atoms with E-state index in [4.69, 9.17) is 35.3 Å². The molecular weight excluding hydrogens is 686 g/mol. The second-order valence-corrected chi connectivity index (χ2v) is 16.0. The maximum atomic E-state index is 14.4. The number of hydrogen-bond donors (Lipinski definition) is 3. The first-order valence-corrected chi connectivity index (χ1v) is 19.1. The molecule has 5 aliphatic rings. The number of nitrogens with one attached hydrogen (secondary N) is 1. The topological polar surface area (TPSA) is 133 Å². The third kappa shape index (κ3) is 7.93. The largest absolute Gasteiger partial charge is 0.462 e. The van der Waals surface area contributed by atoms with Gasteiger partial charge in [-0.3, -0.25) is 10.1 Å². The average molecular weight is 740 g/mol. The van der Waals surface area contributed by atoms with Gasteiger partial charge in [-0.25, -0.2) is 4.79 Å². The van der Waals surface area contributed by atoms with Gasteiger partial charge in [-0.05, 0) is 79.5 Å². The van der Waals surface area contributed by atoms with Crippen molar-refractivity contribution in [3.05, 3.63) is 76.4 Å². The number of carbonyl (C=O) groups is 2. The quantitative estimate of drug-likeness (QED) is 0.213. The molecule has 0 radical (unpaired) electrons. The van der Waals surface area contributed by atoms with Gasteiger partial charge in [-0.2, -0.15) is 0 Å². The molecule has 52 heavy (non-hydrogen) atoms. The fourth-order valence-electron chi connectivity index (χ4n) is 8.48. The Morgan fingerprint density at radius 1 is 1.13 bits per heavy atom. The number of halogens is 1. The molecule has 11 heteroatoms. The second kappa shape index (κ2) is 15.8. The van der Waals surface area contributed by atoms with Gasteiger partial charge >= 0.3 is 12.1 Å². The van der Waals surface area contributed by atoms with E-state index in [9.17, 15) is 19.8 Å². The first-order chi connectivity index (χ1) is 24.7. The Kier molecular flexibility index (Phi) is 11.7. The Hall–Kier alpha value is -2.99. The number of aliphatic hydroxyl groups is 2. The van der Waals surface area contributed by atoms with E-state index in [2.05, 4.69) is 26.1 Å². The van der Waals surface area contributed by atoms with Crippen molar-refractivity contribution in [3.63, 3.8) is 0 Å². The smallest absolute Gasteiger partial charge is 0.412 e. The van der Waals surface area contributed by atoms with Crippen LogP contribution in [0.5, 0.6) is 0 Å². The standard InChI is InChI=1S/C41H54ClNO9/c1-7-23(2)35-26(5)17-18-40(52-35)21-32-20-31(51-40)16-11-25(4)34(44)24(3)9-8-10-28-22-48-37-36(27(6)19-33(38(45)49-32)41(28,37)47)50-39(46)43-30-14-12-29(42)13-15-30/h8-15,19,23-24,26,31-37,44,47H,7,16-18,20-22H2,1-6H3,(H,43,46)/b9-8+,25-11+,28-10+/t23-,24-,26-,31+,32-,33-,34-,35+,36+,37+,40+,41+/m0/s1. The average Bonchev–Trinajstić information content (AvgIpc) is 3.45. The molecule has 2 bridgehead atoms. The van der Waals surface area contributed by atoms with Crippen LogP contribution in [-0.4, -0.2) is 76.9 Å². The molecule has 1 aromatic carbocycles. The van der Waals surface area contributed by atoms with Crippen LogP contribution >= 0.6 is 11.6 Å². The van der Waals surface area contributed by atoms with Gasteiger partial charge in [0.1, 0.15) is 23.7 Å². The summed E-state index contributed by atoms with van der Waals surface area (Å²) in [7, 11) is 0. The van der Waals surface area contributed by atoms with Crippen molar-refractivity contribution in [2.75, 3.05) is 11.9 Å². The van der Waals surface area contributed by atoms with Crippen molar-refractivity contribution >= 4 is 29.4 Å². The Labute approximate surface area is 312 Å². The highest BCUT2D eigenvalue weighted by atomic mass is 35.5. The van der Waals surface area contributed by atoms with Gasteiger partial charge in [-0.1, -0.05) is 76.1 Å². The number of ether oxygens (including phenoxy) is 5. The third-order valence-corrected chi connectivity index (χ3v) is 12.0. The van der Waals surface area contributed by atoms with Crippen LogP contribution in [0.15, 0.2) is 71.4 Å². The number of amides is 1. The number of benzene rings is 1. The number of carbonyl (C=O) groups excluding carboxylic acids is 2. The van der Waals surface area contributed by atoms with Crippen molar-refractivity contribution in [1.82, 2.24) is 0 Å². The van der Waals surface area contributed by atoms with Gasteiger partial charge in [0.05, 0.1) is 24.9 Å². The molecule has 0 aromatic heterocycles. The molecule has 6 rings (SSSR count). The first-order valence-electron chi connectivity index (χ1n) is 18.8. The number of esters is 1. The van der Waals surface area contributed by atoms with E-state index in [0.29, 0.717) is 59.4 Å². The van der Waals surface area contributed by atoms with E-state index in [-0.39, 0.29) is 24.7 Å². The maximum Gasteiger partial charge on any atom is 0.412 e. The van der Waals surface area contributed by atoms with Gasteiger partial charge in [0.2, 0.25) is 0 Å².